The van der Waals surface area contributed by atoms with Crippen molar-refractivity contribution in [2.24, 2.45) is 27.0 Å². The number of nitrogens with zero attached hydrogens (tertiary/aromatic N) is 3. The van der Waals surface area contributed by atoms with Gasteiger partial charge in [0.2, 0.25) is 0 Å². The van der Waals surface area contributed by atoms with Crippen molar-refractivity contribution in [3.8, 4) is 12.1 Å². The van der Waals surface area contributed by atoms with Gasteiger partial charge in [0, 0.05) is 5.41 Å². The van der Waals surface area contributed by atoms with Crippen LogP contribution in [-0.4, -0.2) is 24.5 Å². The van der Waals surface area contributed by atoms with Crippen LogP contribution in [0.5, 0.6) is 0 Å². The van der Waals surface area contributed by atoms with Crippen LogP contribution in [0.15, 0.2) is 4.99 Å². The van der Waals surface area contributed by atoms with Crippen LogP contribution in [0.25, 0.3) is 0 Å². The van der Waals surface area contributed by atoms with Crippen LogP contribution >= 0.6 is 0 Å². The van der Waals surface area contributed by atoms with Gasteiger partial charge in [-0.1, -0.05) is 19.3 Å². The molecule has 110 valence electrons. The van der Waals surface area contributed by atoms with Gasteiger partial charge in [0.05, 0.1) is 24.8 Å². The summed E-state index contributed by atoms with van der Waals surface area (Å²) in [5.41, 5.74) is 3.56. The molecule has 0 radical (unpaired) electrons. The second-order valence-corrected chi connectivity index (χ2v) is 6.68. The number of ether oxygens (including phenoxy) is 2. The minimum absolute atomic E-state index is 0.150. The lowest BCUT2D eigenvalue weighted by atomic mass is 9.76. The van der Waals surface area contributed by atoms with E-state index in [0.717, 1.165) is 32.1 Å². The van der Waals surface area contributed by atoms with Crippen molar-refractivity contribution in [3.63, 3.8) is 0 Å². The van der Waals surface area contributed by atoms with Crippen molar-refractivity contribution in [2.45, 2.75) is 51.0 Å². The second kappa shape index (κ2) is 3.58. The molecule has 1 saturated heterocycles. The average Bonchev–Trinajstić information content (AvgIpc) is 2.68. The molecule has 6 nitrogen and oxygen atoms in total. The van der Waals surface area contributed by atoms with Crippen molar-refractivity contribution in [1.82, 2.24) is 0 Å². The minimum Gasteiger partial charge on any atom is -0.386 e. The number of hydrogen-bond acceptors (Lipinski definition) is 6. The van der Waals surface area contributed by atoms with Gasteiger partial charge in [-0.3, -0.25) is 0 Å². The molecule has 2 heterocycles. The van der Waals surface area contributed by atoms with E-state index in [0.29, 0.717) is 6.61 Å². The first-order valence-electron chi connectivity index (χ1n) is 7.56. The Morgan fingerprint density at radius 2 is 1.95 bits per heavy atom. The summed E-state index contributed by atoms with van der Waals surface area (Å²) in [6.07, 6.45) is 4.62. The Bertz CT molecular complexity index is 627. The van der Waals surface area contributed by atoms with Crippen molar-refractivity contribution < 1.29 is 9.47 Å². The third-order valence-electron chi connectivity index (χ3n) is 5.98. The Morgan fingerprint density at radius 3 is 2.48 bits per heavy atom. The standard InChI is InChI=1S/C15H18N4O2/c1-10-7-20-15(21-10)14(9-17)12(5-3-2-4-6-12)13(14,8-16)11(18)19-15/h10H,2-7H2,1H3,(H2,18,19)/t10-,13-,14+,15-/m0/s1. The van der Waals surface area contributed by atoms with E-state index < -0.39 is 22.2 Å². The molecule has 2 N–H and O–H groups in total. The van der Waals surface area contributed by atoms with Crippen LogP contribution in [0.2, 0.25) is 0 Å². The average molecular weight is 286 g/mol. The zero-order chi connectivity index (χ0) is 14.9. The number of hydrogen-bond donors (Lipinski definition) is 1. The minimum atomic E-state index is -1.38. The fraction of sp³-hybridized carbons (Fsp3) is 0.800. The molecule has 0 amide bonds. The predicted octanol–water partition coefficient (Wildman–Crippen LogP) is 1.43. The maximum Gasteiger partial charge on any atom is 0.293 e. The van der Waals surface area contributed by atoms with Gasteiger partial charge in [0.15, 0.2) is 5.41 Å². The van der Waals surface area contributed by atoms with E-state index in [1.807, 2.05) is 6.92 Å². The third-order valence-corrected chi connectivity index (χ3v) is 5.98. The van der Waals surface area contributed by atoms with Crippen LogP contribution in [-0.2, 0) is 9.47 Å². The molecular weight excluding hydrogens is 268 g/mol. The fourth-order valence-electron chi connectivity index (χ4n) is 5.24. The summed E-state index contributed by atoms with van der Waals surface area (Å²) in [4.78, 5) is 4.34. The van der Waals surface area contributed by atoms with Crippen LogP contribution in [0, 0.1) is 38.9 Å². The highest BCUT2D eigenvalue weighted by molar-refractivity contribution is 6.00. The fourth-order valence-corrected chi connectivity index (χ4v) is 5.24. The quantitative estimate of drug-likeness (QED) is 0.725. The largest absolute Gasteiger partial charge is 0.386 e. The number of rotatable bonds is 0. The molecule has 21 heavy (non-hydrogen) atoms. The topological polar surface area (TPSA) is 104 Å². The molecule has 0 aromatic heterocycles. The highest BCUT2D eigenvalue weighted by Crippen LogP contribution is 2.89. The van der Waals surface area contributed by atoms with Gasteiger partial charge >= 0.3 is 0 Å². The first-order valence-corrected chi connectivity index (χ1v) is 7.56. The number of aliphatic imine (C=N–C) groups is 1. The molecule has 3 fully saturated rings. The molecule has 0 unspecified atom stereocenters. The summed E-state index contributed by atoms with van der Waals surface area (Å²) < 4.78 is 11.7. The maximum absolute atomic E-state index is 10.0. The maximum atomic E-state index is 10.0. The summed E-state index contributed by atoms with van der Waals surface area (Å²) in [5.74, 6) is -1.15. The number of fused-ring (bicyclic) bond motifs is 4. The number of nitriles is 2. The molecule has 4 rings (SSSR count). The molecule has 6 heteroatoms. The van der Waals surface area contributed by atoms with Crippen molar-refractivity contribution in [1.29, 1.82) is 10.5 Å². The zero-order valence-electron chi connectivity index (χ0n) is 12.1. The zero-order valence-corrected chi connectivity index (χ0v) is 12.1. The monoisotopic (exact) mass is 286 g/mol. The van der Waals surface area contributed by atoms with Crippen molar-refractivity contribution in [2.75, 3.05) is 6.61 Å². The van der Waals surface area contributed by atoms with Gasteiger partial charge in [-0.15, -0.1) is 0 Å². The molecule has 0 aromatic carbocycles. The Balaban J connectivity index is 1.93. The molecular formula is C15H18N4O2. The first kappa shape index (κ1) is 13.1. The molecule has 4 atom stereocenters. The highest BCUT2D eigenvalue weighted by Gasteiger charge is 3.00. The summed E-state index contributed by atoms with van der Waals surface area (Å²) in [6, 6.07) is 4.73. The number of nitrogens with two attached hydrogens (primary N) is 1. The van der Waals surface area contributed by atoms with Crippen molar-refractivity contribution >= 4 is 5.84 Å². The lowest BCUT2D eigenvalue weighted by Gasteiger charge is -2.33. The van der Waals surface area contributed by atoms with E-state index in [-0.39, 0.29) is 11.9 Å². The van der Waals surface area contributed by atoms with Gasteiger partial charge in [-0.05, 0) is 19.8 Å². The van der Waals surface area contributed by atoms with E-state index in [1.165, 1.54) is 0 Å². The van der Waals surface area contributed by atoms with Gasteiger partial charge < -0.3 is 15.2 Å². The Hall–Kier alpha value is -1.63. The molecule has 0 aromatic rings. The van der Waals surface area contributed by atoms with E-state index in [2.05, 4.69) is 17.1 Å². The highest BCUT2D eigenvalue weighted by atomic mass is 16.8. The first-order chi connectivity index (χ1) is 10.1. The van der Waals surface area contributed by atoms with Gasteiger partial charge in [-0.25, -0.2) is 4.99 Å². The number of amidine groups is 1. The molecule has 2 saturated carbocycles. The lowest BCUT2D eigenvalue weighted by Crippen LogP contribution is -2.42. The molecule has 2 aliphatic carbocycles. The Kier molecular flexibility index (Phi) is 2.22. The SMILES string of the molecule is C[C@H]1CO[C@]2(N=C(N)[C@@]3(C#N)C4(CCCCC4)[C@@]23C#N)O1. The Morgan fingerprint density at radius 1 is 1.24 bits per heavy atom. The van der Waals surface area contributed by atoms with Crippen LogP contribution < -0.4 is 5.73 Å². The summed E-state index contributed by atoms with van der Waals surface area (Å²) in [7, 11) is 0. The van der Waals surface area contributed by atoms with E-state index in [1.54, 1.807) is 0 Å². The van der Waals surface area contributed by atoms with E-state index in [9.17, 15) is 10.5 Å². The molecule has 2 aliphatic heterocycles. The molecule has 4 aliphatic rings. The van der Waals surface area contributed by atoms with Gasteiger partial charge in [-0.2, -0.15) is 10.5 Å². The van der Waals surface area contributed by atoms with Crippen LogP contribution in [0.4, 0.5) is 0 Å². The normalized spacial score (nSPS) is 49.5. The molecule has 2 spiro atoms. The predicted molar refractivity (Wildman–Crippen MR) is 72.5 cm³/mol. The summed E-state index contributed by atoms with van der Waals surface area (Å²) in [5, 5.41) is 19.9. The van der Waals surface area contributed by atoms with Gasteiger partial charge in [0.1, 0.15) is 11.3 Å². The van der Waals surface area contributed by atoms with Crippen LogP contribution in [0.1, 0.15) is 39.0 Å². The third kappa shape index (κ3) is 0.994. The molecule has 0 bridgehead atoms. The van der Waals surface area contributed by atoms with Crippen LogP contribution in [0.3, 0.4) is 0 Å². The lowest BCUT2D eigenvalue weighted by molar-refractivity contribution is -0.201. The summed E-state index contributed by atoms with van der Waals surface area (Å²) in [6.45, 7) is 2.26. The van der Waals surface area contributed by atoms with E-state index >= 15 is 0 Å². The van der Waals surface area contributed by atoms with E-state index in [4.69, 9.17) is 15.2 Å². The smallest absolute Gasteiger partial charge is 0.293 e. The summed E-state index contributed by atoms with van der Waals surface area (Å²) >= 11 is 0. The second-order valence-electron chi connectivity index (χ2n) is 6.68. The Labute approximate surface area is 123 Å². The van der Waals surface area contributed by atoms with Crippen molar-refractivity contribution in [3.05, 3.63) is 0 Å². The van der Waals surface area contributed by atoms with Gasteiger partial charge in [0.25, 0.3) is 5.91 Å².